The van der Waals surface area contributed by atoms with E-state index in [1.165, 1.54) is 0 Å². The molecule has 2 aliphatic rings. The molecule has 1 aromatic rings. The van der Waals surface area contributed by atoms with Crippen LogP contribution in [0.5, 0.6) is 0 Å². The zero-order chi connectivity index (χ0) is 12.2. The summed E-state index contributed by atoms with van der Waals surface area (Å²) >= 11 is 0. The second-order valence-corrected chi connectivity index (χ2v) is 5.03. The molecule has 1 saturated carbocycles. The molecule has 1 aromatic heterocycles. The third-order valence-corrected chi connectivity index (χ3v) is 3.98. The van der Waals surface area contributed by atoms with Crippen LogP contribution in [0.3, 0.4) is 0 Å². The summed E-state index contributed by atoms with van der Waals surface area (Å²) in [5.74, 6) is 0.288. The summed E-state index contributed by atoms with van der Waals surface area (Å²) in [6, 6.07) is -0.0369. The van der Waals surface area contributed by atoms with E-state index in [1.807, 2.05) is 12.2 Å². The number of hydrogen-bond donors (Lipinski definition) is 2. The number of aliphatic hydroxyl groups is 1. The van der Waals surface area contributed by atoms with Crippen LogP contribution in [-0.2, 0) is 0 Å². The van der Waals surface area contributed by atoms with Crippen LogP contribution in [0, 0.1) is 18.3 Å². The summed E-state index contributed by atoms with van der Waals surface area (Å²) in [4.78, 5) is 25.3. The van der Waals surface area contributed by atoms with E-state index >= 15 is 0 Å². The number of nitrogens with one attached hydrogen (secondary N) is 1. The lowest BCUT2D eigenvalue weighted by Crippen LogP contribution is -2.33. The number of hydrogen-bond acceptors (Lipinski definition) is 3. The number of aliphatic hydroxyl groups excluding tert-OH is 1. The van der Waals surface area contributed by atoms with Gasteiger partial charge in [0.25, 0.3) is 5.56 Å². The molecule has 3 atom stereocenters. The first kappa shape index (κ1) is 10.5. The number of rotatable bonds is 2. The highest BCUT2D eigenvalue weighted by molar-refractivity contribution is 5.28. The van der Waals surface area contributed by atoms with Gasteiger partial charge in [0.15, 0.2) is 0 Å². The highest BCUT2D eigenvalue weighted by Crippen LogP contribution is 2.63. The molecule has 0 amide bonds. The quantitative estimate of drug-likeness (QED) is 0.705. The van der Waals surface area contributed by atoms with Crippen molar-refractivity contribution in [3.8, 4) is 0 Å². The zero-order valence-corrected chi connectivity index (χ0v) is 9.51. The van der Waals surface area contributed by atoms with Gasteiger partial charge in [0.05, 0.1) is 12.6 Å². The van der Waals surface area contributed by atoms with Gasteiger partial charge in [-0.15, -0.1) is 0 Å². The minimum atomic E-state index is -0.379. The van der Waals surface area contributed by atoms with Gasteiger partial charge in [-0.1, -0.05) is 12.2 Å². The Hall–Kier alpha value is -1.62. The van der Waals surface area contributed by atoms with Gasteiger partial charge in [-0.3, -0.25) is 14.3 Å². The van der Waals surface area contributed by atoms with Crippen LogP contribution < -0.4 is 11.2 Å². The van der Waals surface area contributed by atoms with E-state index in [0.717, 1.165) is 6.42 Å². The summed E-state index contributed by atoms with van der Waals surface area (Å²) in [5, 5.41) is 9.30. The molecule has 90 valence electrons. The van der Waals surface area contributed by atoms with Crippen molar-refractivity contribution in [2.75, 3.05) is 6.61 Å². The largest absolute Gasteiger partial charge is 0.395 e. The third kappa shape index (κ3) is 1.35. The van der Waals surface area contributed by atoms with E-state index in [2.05, 4.69) is 4.98 Å². The molecule has 1 fully saturated rings. The highest BCUT2D eigenvalue weighted by atomic mass is 16.3. The maximum absolute atomic E-state index is 11.7. The lowest BCUT2D eigenvalue weighted by atomic mass is 10.1. The molecule has 0 spiro atoms. The van der Waals surface area contributed by atoms with Crippen molar-refractivity contribution in [1.29, 1.82) is 0 Å². The molecule has 0 radical (unpaired) electrons. The molecule has 2 N–H and O–H groups in total. The molecule has 5 nitrogen and oxygen atoms in total. The Morgan fingerprint density at radius 3 is 2.94 bits per heavy atom. The van der Waals surface area contributed by atoms with Gasteiger partial charge in [-0.05, 0) is 19.3 Å². The van der Waals surface area contributed by atoms with E-state index in [1.54, 1.807) is 17.7 Å². The second-order valence-electron chi connectivity index (χ2n) is 5.03. The number of aromatic amines is 1. The van der Waals surface area contributed by atoms with Gasteiger partial charge >= 0.3 is 5.69 Å². The van der Waals surface area contributed by atoms with Crippen molar-refractivity contribution in [3.05, 3.63) is 44.8 Å². The van der Waals surface area contributed by atoms with E-state index in [9.17, 15) is 14.7 Å². The van der Waals surface area contributed by atoms with E-state index in [-0.39, 0.29) is 35.2 Å². The molecule has 2 aliphatic carbocycles. The second kappa shape index (κ2) is 3.20. The number of fused-ring (bicyclic) bond motifs is 1. The predicted octanol–water partition coefficient (Wildman–Crippen LogP) is -0.0455. The SMILES string of the molecule is Cc1cn([C@@H]2C=C[C@@]3(CO)C[C@@H]23)c(=O)[nH]c1=O. The maximum atomic E-state index is 11.7. The molecule has 0 saturated heterocycles. The van der Waals surface area contributed by atoms with Crippen molar-refractivity contribution in [1.82, 2.24) is 9.55 Å². The van der Waals surface area contributed by atoms with Gasteiger partial charge in [-0.25, -0.2) is 4.79 Å². The molecule has 0 bridgehead atoms. The summed E-state index contributed by atoms with van der Waals surface area (Å²) < 4.78 is 1.56. The van der Waals surface area contributed by atoms with Crippen molar-refractivity contribution in [2.24, 2.45) is 11.3 Å². The van der Waals surface area contributed by atoms with Crippen LogP contribution in [0.25, 0.3) is 0 Å². The Morgan fingerprint density at radius 1 is 1.59 bits per heavy atom. The summed E-state index contributed by atoms with van der Waals surface area (Å²) in [5.41, 5.74) is -0.304. The normalized spacial score (nSPS) is 33.8. The van der Waals surface area contributed by atoms with Crippen LogP contribution in [0.1, 0.15) is 18.0 Å². The van der Waals surface area contributed by atoms with Gasteiger partial charge in [-0.2, -0.15) is 0 Å². The Kier molecular flexibility index (Phi) is 1.98. The lowest BCUT2D eigenvalue weighted by Gasteiger charge is -2.13. The maximum Gasteiger partial charge on any atom is 0.328 e. The third-order valence-electron chi connectivity index (χ3n) is 3.98. The minimum absolute atomic E-state index is 0.0369. The van der Waals surface area contributed by atoms with Gasteiger partial charge < -0.3 is 5.11 Å². The lowest BCUT2D eigenvalue weighted by molar-refractivity contribution is 0.230. The fraction of sp³-hybridized carbons (Fsp3) is 0.500. The van der Waals surface area contributed by atoms with E-state index in [4.69, 9.17) is 0 Å². The fourth-order valence-corrected chi connectivity index (χ4v) is 2.76. The predicted molar refractivity (Wildman–Crippen MR) is 61.9 cm³/mol. The zero-order valence-electron chi connectivity index (χ0n) is 9.51. The van der Waals surface area contributed by atoms with E-state index in [0.29, 0.717) is 5.56 Å². The highest BCUT2D eigenvalue weighted by Gasteiger charge is 2.58. The molecule has 3 rings (SSSR count). The molecule has 0 aromatic carbocycles. The van der Waals surface area contributed by atoms with Crippen LogP contribution in [0.15, 0.2) is 27.9 Å². The summed E-state index contributed by atoms with van der Waals surface area (Å²) in [6.45, 7) is 1.81. The first-order valence-corrected chi connectivity index (χ1v) is 5.70. The van der Waals surface area contributed by atoms with Crippen LogP contribution in [0.4, 0.5) is 0 Å². The van der Waals surface area contributed by atoms with Crippen molar-refractivity contribution >= 4 is 0 Å². The number of nitrogens with zero attached hydrogens (tertiary/aromatic N) is 1. The van der Waals surface area contributed by atoms with Crippen LogP contribution in [0.2, 0.25) is 0 Å². The fourth-order valence-electron chi connectivity index (χ4n) is 2.76. The monoisotopic (exact) mass is 234 g/mol. The number of H-pyrrole nitrogens is 1. The molecular weight excluding hydrogens is 220 g/mol. The summed E-state index contributed by atoms with van der Waals surface area (Å²) in [6.07, 6.45) is 6.45. The van der Waals surface area contributed by atoms with Crippen molar-refractivity contribution < 1.29 is 5.11 Å². The number of allylic oxidation sites excluding steroid dienone is 1. The van der Waals surface area contributed by atoms with Crippen LogP contribution in [-0.4, -0.2) is 21.3 Å². The minimum Gasteiger partial charge on any atom is -0.395 e. The first-order chi connectivity index (χ1) is 8.07. The topological polar surface area (TPSA) is 75.1 Å². The summed E-state index contributed by atoms with van der Waals surface area (Å²) in [7, 11) is 0. The average Bonchev–Trinajstić information content (AvgIpc) is 2.92. The van der Waals surface area contributed by atoms with Crippen molar-refractivity contribution in [2.45, 2.75) is 19.4 Å². The molecule has 5 heteroatoms. The number of aryl methyl sites for hydroxylation is 1. The molecular formula is C12H14N2O3. The van der Waals surface area contributed by atoms with Gasteiger partial charge in [0.2, 0.25) is 0 Å². The van der Waals surface area contributed by atoms with Gasteiger partial charge in [0.1, 0.15) is 0 Å². The average molecular weight is 234 g/mol. The standard InChI is InChI=1S/C12H14N2O3/c1-7-5-14(11(17)13-10(7)16)9-2-3-12(6-15)4-8(9)12/h2-3,5,8-9,15H,4,6H2,1H3,(H,13,16,17)/t8-,9+,12-/m0/s1. The Bertz CT molecular complexity index is 613. The first-order valence-electron chi connectivity index (χ1n) is 5.70. The van der Waals surface area contributed by atoms with Crippen LogP contribution >= 0.6 is 0 Å². The molecule has 0 unspecified atom stereocenters. The molecule has 1 heterocycles. The molecule has 17 heavy (non-hydrogen) atoms. The Morgan fingerprint density at radius 2 is 2.35 bits per heavy atom. The Balaban J connectivity index is 2.03. The van der Waals surface area contributed by atoms with Gasteiger partial charge in [0, 0.05) is 17.2 Å². The smallest absolute Gasteiger partial charge is 0.328 e. The van der Waals surface area contributed by atoms with Crippen molar-refractivity contribution in [3.63, 3.8) is 0 Å². The van der Waals surface area contributed by atoms with E-state index < -0.39 is 0 Å². The molecule has 0 aliphatic heterocycles. The number of aromatic nitrogens is 2. The Labute approximate surface area is 97.4 Å².